The van der Waals surface area contributed by atoms with Gasteiger partial charge in [0.1, 0.15) is 23.0 Å². The lowest BCUT2D eigenvalue weighted by Gasteiger charge is -2.26. The lowest BCUT2D eigenvalue weighted by atomic mass is 9.79. The first-order valence-corrected chi connectivity index (χ1v) is 17.4. The summed E-state index contributed by atoms with van der Waals surface area (Å²) in [6, 6.07) is 21.3. The quantitative estimate of drug-likeness (QED) is 0.182. The lowest BCUT2D eigenvalue weighted by Crippen LogP contribution is -2.14. The average Bonchev–Trinajstić information content (AvgIpc) is 3.74. The smallest absolute Gasteiger partial charge is 0.253 e. The third-order valence-corrected chi connectivity index (χ3v) is 9.90. The van der Waals surface area contributed by atoms with Crippen LogP contribution in [0, 0.1) is 12.5 Å². The number of allylic oxidation sites excluding steroid dienone is 1. The molecule has 4 aromatic rings. The second-order valence-corrected chi connectivity index (χ2v) is 12.9. The summed E-state index contributed by atoms with van der Waals surface area (Å²) in [5, 5.41) is 0. The van der Waals surface area contributed by atoms with E-state index in [1.807, 2.05) is 73.1 Å². The van der Waals surface area contributed by atoms with Crippen molar-refractivity contribution in [2.45, 2.75) is 70.1 Å². The molecule has 2 aromatic heterocycles. The van der Waals surface area contributed by atoms with Crippen molar-refractivity contribution >= 4 is 11.5 Å². The largest absolute Gasteiger partial charge is 0.497 e. The highest BCUT2D eigenvalue weighted by Gasteiger charge is 2.36. The Hall–Kier alpha value is -5.29. The van der Waals surface area contributed by atoms with Gasteiger partial charge in [0.05, 0.1) is 32.2 Å². The Bertz CT molecular complexity index is 1920. The molecule has 49 heavy (non-hydrogen) atoms. The minimum absolute atomic E-state index is 0.195. The van der Waals surface area contributed by atoms with E-state index in [1.54, 1.807) is 14.2 Å². The first-order valence-electron chi connectivity index (χ1n) is 17.4. The predicted octanol–water partition coefficient (Wildman–Crippen LogP) is 10.3. The summed E-state index contributed by atoms with van der Waals surface area (Å²) in [4.78, 5) is 17.4. The number of nitrogens with one attached hydrogen (secondary N) is 1. The molecule has 1 aliphatic heterocycles. The Morgan fingerprint density at radius 2 is 1.33 bits per heavy atom. The van der Waals surface area contributed by atoms with Gasteiger partial charge in [-0.15, -0.1) is 0 Å². The van der Waals surface area contributed by atoms with Gasteiger partial charge in [-0.25, -0.2) is 9.84 Å². The molecule has 0 saturated heterocycles. The maximum atomic E-state index is 8.44. The maximum absolute atomic E-state index is 8.44. The number of benzene rings is 2. The van der Waals surface area contributed by atoms with Crippen LogP contribution in [-0.2, 0) is 0 Å². The van der Waals surface area contributed by atoms with Crippen molar-refractivity contribution in [3.63, 3.8) is 0 Å². The number of pyridine rings is 1. The monoisotopic (exact) mass is 654 g/mol. The molecule has 2 saturated carbocycles. The molecule has 3 heterocycles. The molecule has 0 atom stereocenters. The van der Waals surface area contributed by atoms with Crippen LogP contribution in [0.1, 0.15) is 86.9 Å². The van der Waals surface area contributed by atoms with Gasteiger partial charge in [0.15, 0.2) is 5.88 Å². The molecule has 2 aromatic carbocycles. The molecule has 0 spiro atoms. The van der Waals surface area contributed by atoms with E-state index < -0.39 is 0 Å². The summed E-state index contributed by atoms with van der Waals surface area (Å²) in [6.07, 6.45) is 14.9. The van der Waals surface area contributed by atoms with Crippen LogP contribution in [0.4, 0.5) is 0 Å². The Morgan fingerprint density at radius 1 is 0.735 bits per heavy atom. The number of hydrogen-bond donors (Lipinski definition) is 1. The predicted molar refractivity (Wildman–Crippen MR) is 191 cm³/mol. The number of aromatic amines is 1. The van der Waals surface area contributed by atoms with E-state index in [4.69, 9.17) is 30.5 Å². The highest BCUT2D eigenvalue weighted by molar-refractivity contribution is 6.05. The van der Waals surface area contributed by atoms with Crippen molar-refractivity contribution in [3.8, 4) is 28.9 Å². The molecule has 1 N–H and O–H groups in total. The van der Waals surface area contributed by atoms with Crippen LogP contribution >= 0.6 is 0 Å². The third-order valence-electron chi connectivity index (χ3n) is 9.90. The van der Waals surface area contributed by atoms with Crippen LogP contribution in [0.3, 0.4) is 0 Å². The summed E-state index contributed by atoms with van der Waals surface area (Å²) in [6.45, 7) is 8.44. The Balaban J connectivity index is 1.44. The molecule has 0 unspecified atom stereocenters. The van der Waals surface area contributed by atoms with Crippen LogP contribution in [-0.4, -0.2) is 30.1 Å². The van der Waals surface area contributed by atoms with Crippen molar-refractivity contribution in [2.24, 2.45) is 10.9 Å². The van der Waals surface area contributed by atoms with Gasteiger partial charge in [-0.1, -0.05) is 50.7 Å². The fourth-order valence-electron chi connectivity index (χ4n) is 7.52. The zero-order valence-electron chi connectivity index (χ0n) is 28.2. The highest BCUT2D eigenvalue weighted by Crippen LogP contribution is 2.47. The molecule has 250 valence electrons. The number of nitrogens with zero attached hydrogens (tertiary/aromatic N) is 3. The molecule has 2 aliphatic carbocycles. The standard InChI is InChI=1S/C41H42N4O4/c1-42-40-37(28-14-8-5-9-15-28)39(45-41(40)49-33-19-11-17-31(25-33)47-3)36(29-20-22-43-23-21-29)38-34(27-12-6-4-7-13-27)26-35(44-38)48-32-18-10-16-30(24-32)46-2/h10-11,16-28,44H,4-9,12-15H2,2-3H3. The maximum Gasteiger partial charge on any atom is 0.253 e. The molecule has 8 heteroatoms. The SMILES string of the molecule is [C-]#[N+]C1=C(C2CCCCC2)C(=C(c2ccncc2)c2[nH]c(Oc3cccc(OC)c3)cc2C2CCCCC2)N=C1Oc1cccc(OC)c1. The van der Waals surface area contributed by atoms with Crippen LogP contribution in [0.2, 0.25) is 0 Å². The topological polar surface area (TPSA) is 82.3 Å². The summed E-state index contributed by atoms with van der Waals surface area (Å²) in [5.41, 5.74) is 6.33. The molecular formula is C41H42N4O4. The van der Waals surface area contributed by atoms with Crippen molar-refractivity contribution in [2.75, 3.05) is 14.2 Å². The first kappa shape index (κ1) is 32.3. The molecule has 3 aliphatic rings. The molecule has 0 bridgehead atoms. The first-order chi connectivity index (χ1) is 24.1. The number of ether oxygens (including phenoxy) is 4. The van der Waals surface area contributed by atoms with Gasteiger partial charge in [-0.2, -0.15) is 0 Å². The average molecular weight is 655 g/mol. The normalized spacial score (nSPS) is 18.1. The van der Waals surface area contributed by atoms with Gasteiger partial charge in [0.25, 0.3) is 5.70 Å². The van der Waals surface area contributed by atoms with E-state index in [0.717, 1.165) is 72.4 Å². The fourth-order valence-corrected chi connectivity index (χ4v) is 7.52. The number of aromatic nitrogens is 2. The molecule has 8 nitrogen and oxygen atoms in total. The van der Waals surface area contributed by atoms with Gasteiger partial charge < -0.3 is 23.9 Å². The minimum Gasteiger partial charge on any atom is -0.497 e. The van der Waals surface area contributed by atoms with E-state index in [2.05, 4.69) is 20.9 Å². The Morgan fingerprint density at radius 3 is 1.94 bits per heavy atom. The van der Waals surface area contributed by atoms with Crippen LogP contribution < -0.4 is 18.9 Å². The molecule has 7 rings (SSSR count). The summed E-state index contributed by atoms with van der Waals surface area (Å²) in [7, 11) is 3.29. The Labute approximate surface area is 288 Å². The lowest BCUT2D eigenvalue weighted by molar-refractivity contribution is 0.405. The molecule has 0 radical (unpaired) electrons. The van der Waals surface area contributed by atoms with Gasteiger partial charge in [0, 0.05) is 36.2 Å². The molecular weight excluding hydrogens is 612 g/mol. The van der Waals surface area contributed by atoms with Crippen LogP contribution in [0.5, 0.6) is 28.9 Å². The Kier molecular flexibility index (Phi) is 9.79. The van der Waals surface area contributed by atoms with E-state index in [9.17, 15) is 0 Å². The van der Waals surface area contributed by atoms with E-state index in [0.29, 0.717) is 40.6 Å². The second-order valence-electron chi connectivity index (χ2n) is 12.9. The molecule has 2 fully saturated rings. The van der Waals surface area contributed by atoms with Crippen LogP contribution in [0.25, 0.3) is 10.4 Å². The zero-order valence-corrected chi connectivity index (χ0v) is 28.2. The number of methoxy groups -OCH3 is 2. The van der Waals surface area contributed by atoms with Crippen molar-refractivity contribution in [3.05, 3.63) is 124 Å². The third kappa shape index (κ3) is 6.98. The fraction of sp³-hybridized carbons (Fsp3) is 0.341. The number of hydrogen-bond acceptors (Lipinski definition) is 6. The van der Waals surface area contributed by atoms with Crippen LogP contribution in [0.15, 0.2) is 101 Å². The highest BCUT2D eigenvalue weighted by atomic mass is 16.5. The van der Waals surface area contributed by atoms with Crippen molar-refractivity contribution in [1.29, 1.82) is 0 Å². The zero-order chi connectivity index (χ0) is 33.6. The second kappa shape index (κ2) is 14.9. The minimum atomic E-state index is 0.195. The van der Waals surface area contributed by atoms with E-state index >= 15 is 0 Å². The number of rotatable bonds is 9. The summed E-state index contributed by atoms with van der Waals surface area (Å²) < 4.78 is 23.9. The number of aliphatic imine (C=N–C) groups is 1. The van der Waals surface area contributed by atoms with E-state index in [-0.39, 0.29) is 5.92 Å². The van der Waals surface area contributed by atoms with E-state index in [1.165, 1.54) is 31.2 Å². The molecule has 0 amide bonds. The van der Waals surface area contributed by atoms with Crippen molar-refractivity contribution < 1.29 is 18.9 Å². The number of H-pyrrole nitrogens is 1. The summed E-state index contributed by atoms with van der Waals surface area (Å²) in [5.74, 6) is 4.20. The van der Waals surface area contributed by atoms with Gasteiger partial charge >= 0.3 is 0 Å². The van der Waals surface area contributed by atoms with Gasteiger partial charge in [-0.3, -0.25) is 4.98 Å². The van der Waals surface area contributed by atoms with Gasteiger partial charge in [0.2, 0.25) is 5.90 Å². The van der Waals surface area contributed by atoms with Crippen molar-refractivity contribution in [1.82, 2.24) is 9.97 Å². The summed E-state index contributed by atoms with van der Waals surface area (Å²) >= 11 is 0. The van der Waals surface area contributed by atoms with Gasteiger partial charge in [-0.05, 0) is 90.6 Å².